The molecule has 0 amide bonds. The van der Waals surface area contributed by atoms with Crippen LogP contribution in [0.2, 0.25) is 0 Å². The number of hydrogen-bond donors (Lipinski definition) is 1. The van der Waals surface area contributed by atoms with Crippen molar-refractivity contribution in [1.82, 2.24) is 0 Å². The Morgan fingerprint density at radius 3 is 2.38 bits per heavy atom. The first-order valence-electron chi connectivity index (χ1n) is 7.19. The van der Waals surface area contributed by atoms with Crippen molar-refractivity contribution in [2.75, 3.05) is 19.1 Å². The van der Waals surface area contributed by atoms with Gasteiger partial charge in [-0.15, -0.1) is 0 Å². The molecular formula is C18H24N2O. The van der Waals surface area contributed by atoms with Crippen molar-refractivity contribution in [2.45, 2.75) is 26.8 Å². The van der Waals surface area contributed by atoms with Gasteiger partial charge in [0, 0.05) is 30.0 Å². The van der Waals surface area contributed by atoms with Crippen molar-refractivity contribution in [3.63, 3.8) is 0 Å². The monoisotopic (exact) mass is 284 g/mol. The molecule has 0 unspecified atom stereocenters. The third kappa shape index (κ3) is 3.03. The summed E-state index contributed by atoms with van der Waals surface area (Å²) in [6.07, 6.45) is 0. The lowest BCUT2D eigenvalue weighted by atomic mass is 10.0. The first-order valence-corrected chi connectivity index (χ1v) is 7.19. The van der Waals surface area contributed by atoms with E-state index in [0.29, 0.717) is 0 Å². The normalized spacial score (nSPS) is 12.1. The second-order valence-electron chi connectivity index (χ2n) is 5.53. The van der Waals surface area contributed by atoms with Gasteiger partial charge in [-0.1, -0.05) is 23.8 Å². The van der Waals surface area contributed by atoms with Gasteiger partial charge < -0.3 is 15.4 Å². The van der Waals surface area contributed by atoms with E-state index in [1.165, 1.54) is 16.8 Å². The van der Waals surface area contributed by atoms with Crippen LogP contribution >= 0.6 is 0 Å². The second kappa shape index (κ2) is 6.19. The summed E-state index contributed by atoms with van der Waals surface area (Å²) >= 11 is 0. The number of nitrogens with two attached hydrogens (primary N) is 1. The Labute approximate surface area is 127 Å². The molecule has 0 radical (unpaired) electrons. The Hall–Kier alpha value is -2.00. The van der Waals surface area contributed by atoms with Crippen molar-refractivity contribution in [1.29, 1.82) is 0 Å². The maximum Gasteiger partial charge on any atom is 0.125 e. The quantitative estimate of drug-likeness (QED) is 0.918. The van der Waals surface area contributed by atoms with Gasteiger partial charge in [-0.3, -0.25) is 0 Å². The van der Waals surface area contributed by atoms with Crippen LogP contribution in [0.3, 0.4) is 0 Å². The number of nitrogens with zero attached hydrogens (tertiary/aromatic N) is 1. The molecule has 3 nitrogen and oxygen atoms in total. The molecule has 1 atom stereocenters. The first kappa shape index (κ1) is 15.4. The molecule has 0 aromatic heterocycles. The summed E-state index contributed by atoms with van der Waals surface area (Å²) in [4.78, 5) is 2.18. The van der Waals surface area contributed by atoms with Crippen LogP contribution < -0.4 is 15.4 Å². The fraction of sp³-hybridized carbons (Fsp3) is 0.333. The van der Waals surface area contributed by atoms with Gasteiger partial charge in [0.15, 0.2) is 0 Å². The predicted molar refractivity (Wildman–Crippen MR) is 89.6 cm³/mol. The van der Waals surface area contributed by atoms with Crippen molar-refractivity contribution in [3.05, 3.63) is 53.1 Å². The van der Waals surface area contributed by atoms with E-state index in [9.17, 15) is 0 Å². The molecule has 21 heavy (non-hydrogen) atoms. The SMILES string of the molecule is COc1cccc(N(C)c2ccc(C)cc2C)c1[C@H](C)N. The summed E-state index contributed by atoms with van der Waals surface area (Å²) in [5, 5.41) is 0. The number of methoxy groups -OCH3 is 1. The van der Waals surface area contributed by atoms with Gasteiger partial charge in [-0.05, 0) is 44.5 Å². The largest absolute Gasteiger partial charge is 0.496 e. The molecule has 0 saturated heterocycles. The van der Waals surface area contributed by atoms with Crippen molar-refractivity contribution in [2.24, 2.45) is 5.73 Å². The Balaban J connectivity index is 2.55. The van der Waals surface area contributed by atoms with E-state index < -0.39 is 0 Å². The highest BCUT2D eigenvalue weighted by Gasteiger charge is 2.17. The average molecular weight is 284 g/mol. The molecule has 0 aliphatic rings. The number of benzene rings is 2. The Bertz CT molecular complexity index is 635. The lowest BCUT2D eigenvalue weighted by Gasteiger charge is -2.27. The number of hydrogen-bond acceptors (Lipinski definition) is 3. The fourth-order valence-electron chi connectivity index (χ4n) is 2.77. The molecule has 2 N–H and O–H groups in total. The maximum atomic E-state index is 6.16. The van der Waals surface area contributed by atoms with Crippen LogP contribution in [-0.4, -0.2) is 14.2 Å². The van der Waals surface area contributed by atoms with Crippen LogP contribution in [0.4, 0.5) is 11.4 Å². The van der Waals surface area contributed by atoms with Crippen LogP contribution in [0.25, 0.3) is 0 Å². The van der Waals surface area contributed by atoms with Crippen LogP contribution in [0.1, 0.15) is 29.7 Å². The van der Waals surface area contributed by atoms with Crippen molar-refractivity contribution in [3.8, 4) is 5.75 Å². The van der Waals surface area contributed by atoms with Crippen LogP contribution in [0.5, 0.6) is 5.75 Å². The summed E-state index contributed by atoms with van der Waals surface area (Å²) in [5.74, 6) is 0.833. The molecule has 0 spiro atoms. The summed E-state index contributed by atoms with van der Waals surface area (Å²) in [6.45, 7) is 6.22. The Kier molecular flexibility index (Phi) is 4.53. The first-order chi connectivity index (χ1) is 9.95. The molecule has 2 aromatic rings. The van der Waals surface area contributed by atoms with E-state index in [1.54, 1.807) is 7.11 Å². The lowest BCUT2D eigenvalue weighted by Crippen LogP contribution is -2.17. The highest BCUT2D eigenvalue weighted by Crippen LogP contribution is 2.37. The lowest BCUT2D eigenvalue weighted by molar-refractivity contribution is 0.407. The zero-order valence-electron chi connectivity index (χ0n) is 13.5. The zero-order chi connectivity index (χ0) is 15.6. The highest BCUT2D eigenvalue weighted by molar-refractivity contribution is 5.71. The Morgan fingerprint density at radius 1 is 1.10 bits per heavy atom. The molecule has 0 saturated carbocycles. The van der Waals surface area contributed by atoms with Gasteiger partial charge in [-0.25, -0.2) is 0 Å². The smallest absolute Gasteiger partial charge is 0.125 e. The summed E-state index contributed by atoms with van der Waals surface area (Å²) in [7, 11) is 3.75. The number of ether oxygens (including phenoxy) is 1. The van der Waals surface area contributed by atoms with E-state index in [-0.39, 0.29) is 6.04 Å². The van der Waals surface area contributed by atoms with Crippen LogP contribution in [-0.2, 0) is 0 Å². The molecule has 0 heterocycles. The summed E-state index contributed by atoms with van der Waals surface area (Å²) in [5.41, 5.74) is 12.0. The molecule has 0 aliphatic heterocycles. The minimum atomic E-state index is -0.0932. The highest BCUT2D eigenvalue weighted by atomic mass is 16.5. The van der Waals surface area contributed by atoms with E-state index >= 15 is 0 Å². The topological polar surface area (TPSA) is 38.5 Å². The minimum Gasteiger partial charge on any atom is -0.496 e. The molecule has 3 heteroatoms. The molecule has 0 bridgehead atoms. The maximum absolute atomic E-state index is 6.16. The molecule has 0 fully saturated rings. The molecular weight excluding hydrogens is 260 g/mol. The molecule has 2 rings (SSSR count). The van der Waals surface area contributed by atoms with E-state index in [0.717, 1.165) is 17.0 Å². The third-order valence-electron chi connectivity index (χ3n) is 3.79. The number of anilines is 2. The second-order valence-corrected chi connectivity index (χ2v) is 5.53. The zero-order valence-corrected chi connectivity index (χ0v) is 13.5. The molecule has 0 aliphatic carbocycles. The summed E-state index contributed by atoms with van der Waals surface area (Å²) in [6, 6.07) is 12.4. The van der Waals surface area contributed by atoms with Crippen LogP contribution in [0, 0.1) is 13.8 Å². The Morgan fingerprint density at radius 2 is 1.81 bits per heavy atom. The van der Waals surface area contributed by atoms with Gasteiger partial charge in [0.25, 0.3) is 0 Å². The predicted octanol–water partition coefficient (Wildman–Crippen LogP) is 4.10. The van der Waals surface area contributed by atoms with E-state index in [2.05, 4.69) is 50.1 Å². The van der Waals surface area contributed by atoms with Gasteiger partial charge in [-0.2, -0.15) is 0 Å². The number of aryl methyl sites for hydroxylation is 2. The van der Waals surface area contributed by atoms with Crippen molar-refractivity contribution < 1.29 is 4.74 Å². The van der Waals surface area contributed by atoms with Gasteiger partial charge in [0.1, 0.15) is 5.75 Å². The van der Waals surface area contributed by atoms with Crippen molar-refractivity contribution >= 4 is 11.4 Å². The molecule has 112 valence electrons. The summed E-state index contributed by atoms with van der Waals surface area (Å²) < 4.78 is 5.48. The van der Waals surface area contributed by atoms with Gasteiger partial charge in [0.2, 0.25) is 0 Å². The van der Waals surface area contributed by atoms with E-state index in [4.69, 9.17) is 10.5 Å². The third-order valence-corrected chi connectivity index (χ3v) is 3.79. The van der Waals surface area contributed by atoms with E-state index in [1.807, 2.05) is 19.1 Å². The molecule has 2 aromatic carbocycles. The van der Waals surface area contributed by atoms with Gasteiger partial charge in [0.05, 0.1) is 7.11 Å². The van der Waals surface area contributed by atoms with Gasteiger partial charge >= 0.3 is 0 Å². The number of rotatable bonds is 4. The minimum absolute atomic E-state index is 0.0932. The fourth-order valence-corrected chi connectivity index (χ4v) is 2.77. The average Bonchev–Trinajstić information content (AvgIpc) is 2.45. The standard InChI is InChI=1S/C18H24N2O/c1-12-9-10-15(13(2)11-12)20(4)16-7-6-8-17(21-5)18(16)14(3)19/h6-11,14H,19H2,1-5H3/t14-/m0/s1. The van der Waals surface area contributed by atoms with Crippen LogP contribution in [0.15, 0.2) is 36.4 Å².